The number of ether oxygens (including phenoxy) is 1. The first kappa shape index (κ1) is 4.15. The summed E-state index contributed by atoms with van der Waals surface area (Å²) < 4.78 is 226. The number of benzene rings is 1. The van der Waals surface area contributed by atoms with Gasteiger partial charge in [-0.25, -0.2) is 0 Å². The van der Waals surface area contributed by atoms with Crippen molar-refractivity contribution in [3.8, 4) is 11.5 Å². The molecule has 0 unspecified atom stereocenters. The van der Waals surface area contributed by atoms with Crippen molar-refractivity contribution in [3.63, 3.8) is 0 Å². The smallest absolute Gasteiger partial charge is 0.293 e. The summed E-state index contributed by atoms with van der Waals surface area (Å²) in [6, 6.07) is -7.42. The van der Waals surface area contributed by atoms with Crippen molar-refractivity contribution < 1.29 is 46.5 Å². The molecule has 2 saturated carbocycles. The third-order valence-corrected chi connectivity index (χ3v) is 4.65. The zero-order chi connectivity index (χ0) is 38.8. The Morgan fingerprint density at radius 1 is 1.56 bits per heavy atom. The predicted octanol–water partition coefficient (Wildman–Crippen LogP) is 2.51. The van der Waals surface area contributed by atoms with Gasteiger partial charge in [-0.15, -0.1) is 0 Å². The molecule has 3 fully saturated rings. The summed E-state index contributed by atoms with van der Waals surface area (Å²) in [4.78, 5) is -0.896. The van der Waals surface area contributed by atoms with Crippen LogP contribution in [0.2, 0.25) is 0 Å². The SMILES string of the molecule is [2H]Oc1c([2H])c([2H])c2c3c1O[C@@]1([2H])C(=C([2H])[2H])C([2H])([2H])C([2H])([2H])[C@]4(O[2H])[C@@]31C([2H])([2H])C([2H])([2H])N(C([2H])([2H])C1([2H])C([2H])([2H])C1([2H])[2H])[C@]4([2H])C2([2H])[2H]. The molecule has 25 heavy (non-hydrogen) atoms. The lowest BCUT2D eigenvalue weighted by atomic mass is 9.48. The molecule has 2 N–H and O–H groups in total. The number of phenols is 1. The summed E-state index contributed by atoms with van der Waals surface area (Å²) in [5.41, 5.74) is -13.4. The average molecular weight is 365 g/mol. The van der Waals surface area contributed by atoms with Gasteiger partial charge in [-0.2, -0.15) is 0 Å². The van der Waals surface area contributed by atoms with Crippen LogP contribution in [0.5, 0.6) is 11.5 Å². The molecule has 4 atom stereocenters. The van der Waals surface area contributed by atoms with Gasteiger partial charge < -0.3 is 15.0 Å². The van der Waals surface area contributed by atoms with Crippen LogP contribution in [0.15, 0.2) is 24.2 Å². The van der Waals surface area contributed by atoms with Crippen molar-refractivity contribution >= 4 is 0 Å². The van der Waals surface area contributed by atoms with E-state index in [1.54, 1.807) is 0 Å². The molecule has 1 aromatic carbocycles. The average Bonchev–Trinajstić information content (AvgIpc) is 3.12. The highest BCUT2D eigenvalue weighted by Gasteiger charge is 2.71. The molecule has 2 heterocycles. The molecule has 0 aromatic heterocycles. The number of nitrogens with zero attached hydrogens (tertiary/aromatic N) is 1. The molecule has 0 radical (unpaired) electrons. The highest BCUT2D eigenvalue weighted by molar-refractivity contribution is 5.63. The van der Waals surface area contributed by atoms with Crippen molar-refractivity contribution in [2.45, 2.75) is 61.4 Å². The standard InChI is InChI=1S/C21H25NO3/c1-12-6-7-21(24)16-10-14-4-5-15(23)18-17(14)20(21,19(12)25-18)8-9-22(16)11-13-2-3-13/h4-5,13,16,19,23-24H,1-3,6-11H2/t16-,19+,20+,21-/m1/s1/i1D2,2D2,3D2,4D,5D,6D2,7D2,8D2,9D2,10D2,11D2,13D,16D,19D,24D/hD. The lowest BCUT2D eigenvalue weighted by molar-refractivity contribution is -0.174. The minimum absolute atomic E-state index is 0.896. The maximum atomic E-state index is 9.90. The van der Waals surface area contributed by atoms with Crippen molar-refractivity contribution in [3.05, 3.63) is 35.3 Å². The van der Waals surface area contributed by atoms with Gasteiger partial charge in [0, 0.05) is 41.4 Å². The van der Waals surface area contributed by atoms with Gasteiger partial charge in [0.15, 0.2) is 11.5 Å². The van der Waals surface area contributed by atoms with Gasteiger partial charge in [0.05, 0.1) is 19.2 Å². The van der Waals surface area contributed by atoms with Crippen molar-refractivity contribution in [2.75, 3.05) is 13.0 Å². The number of likely N-dealkylation sites (tertiary alicyclic amines) is 1. The van der Waals surface area contributed by atoms with Gasteiger partial charge in [0.1, 0.15) is 6.08 Å². The van der Waals surface area contributed by atoms with E-state index in [1.165, 1.54) is 0 Å². The Kier molecular flexibility index (Phi) is 0.732. The first-order chi connectivity index (χ1) is 22.1. The van der Waals surface area contributed by atoms with E-state index >= 15 is 0 Å². The van der Waals surface area contributed by atoms with Crippen LogP contribution in [0, 0.1) is 5.89 Å². The van der Waals surface area contributed by atoms with E-state index in [0.29, 0.717) is 0 Å². The van der Waals surface area contributed by atoms with Crippen LogP contribution in [-0.4, -0.2) is 48.7 Å². The van der Waals surface area contributed by atoms with Crippen molar-refractivity contribution in [2.24, 2.45) is 5.89 Å². The van der Waals surface area contributed by atoms with Crippen LogP contribution in [0.1, 0.15) is 74.5 Å². The van der Waals surface area contributed by atoms with Gasteiger partial charge in [-0.05, 0) is 67.8 Å². The zero-order valence-electron chi connectivity index (χ0n) is 37.2. The molecular weight excluding hydrogens is 314 g/mol. The third kappa shape index (κ3) is 1.57. The Morgan fingerprint density at radius 3 is 3.32 bits per heavy atom. The van der Waals surface area contributed by atoms with Crippen molar-refractivity contribution in [1.82, 2.24) is 4.90 Å². The summed E-state index contributed by atoms with van der Waals surface area (Å²) in [7, 11) is 0. The zero-order valence-corrected chi connectivity index (χ0v) is 12.2. The molecule has 2 bridgehead atoms. The molecule has 6 rings (SSSR count). The summed E-state index contributed by atoms with van der Waals surface area (Å²) in [5, 5.41) is 9.23. The van der Waals surface area contributed by atoms with Gasteiger partial charge in [-0.1, -0.05) is 12.6 Å². The number of hydrogen-bond donors (Lipinski definition) is 2. The second-order valence-corrected chi connectivity index (χ2v) is 5.93. The van der Waals surface area contributed by atoms with E-state index in [1.807, 2.05) is 0 Å². The molecule has 132 valence electrons. The van der Waals surface area contributed by atoms with Crippen LogP contribution in [-0.2, 0) is 11.8 Å². The Morgan fingerprint density at radius 2 is 2.52 bits per heavy atom. The summed E-state index contributed by atoms with van der Waals surface area (Å²) >= 11 is 0. The number of hydrogen-bond acceptors (Lipinski definition) is 4. The quantitative estimate of drug-likeness (QED) is 0.806. The van der Waals surface area contributed by atoms with Crippen LogP contribution >= 0.6 is 0 Å². The van der Waals surface area contributed by atoms with Gasteiger partial charge in [0.2, 0.25) is 1.43 Å². The Labute approximate surface area is 183 Å². The normalized spacial score (nSPS) is 77.4. The highest BCUT2D eigenvalue weighted by atomic mass is 16.5. The molecule has 4 nitrogen and oxygen atoms in total. The fraction of sp³-hybridized carbons (Fsp3) is 0.619. The fourth-order valence-electron chi connectivity index (χ4n) is 3.52. The summed E-state index contributed by atoms with van der Waals surface area (Å²) in [6.45, 7) is -10.9. The molecule has 1 spiro atoms. The molecule has 0 amide bonds. The molecule has 1 saturated heterocycles. The second-order valence-electron chi connectivity index (χ2n) is 5.93. The molecular formula is C21H25NO3. The molecule has 4 heteroatoms. The molecule has 2 aliphatic heterocycles. The number of aromatic hydroxyl groups is 1. The number of piperidine rings is 1. The minimum atomic E-state index is -4.69. The van der Waals surface area contributed by atoms with Crippen LogP contribution in [0.25, 0.3) is 0 Å². The van der Waals surface area contributed by atoms with Gasteiger partial charge >= 0.3 is 0 Å². The third-order valence-electron chi connectivity index (χ3n) is 4.65. The Balaban J connectivity index is 2.02. The molecule has 3 aliphatic carbocycles. The highest BCUT2D eigenvalue weighted by Crippen LogP contribution is 2.66. The first-order valence-corrected chi connectivity index (χ1v) is 7.24. The fourth-order valence-corrected chi connectivity index (χ4v) is 3.52. The van der Waals surface area contributed by atoms with Crippen LogP contribution in [0.4, 0.5) is 0 Å². The molecule has 5 aliphatic rings. The van der Waals surface area contributed by atoms with Crippen LogP contribution in [0.3, 0.4) is 0 Å². The Bertz CT molecular complexity index is 1790. The first-order valence-electron chi connectivity index (χ1n) is 19.6. The van der Waals surface area contributed by atoms with E-state index in [4.69, 9.17) is 33.3 Å². The maximum absolute atomic E-state index is 9.90. The second kappa shape index (κ2) is 4.41. The summed E-state index contributed by atoms with van der Waals surface area (Å²) in [5.74, 6) is -6.49. The van der Waals surface area contributed by atoms with E-state index in [9.17, 15) is 11.0 Å². The Hall–Kier alpha value is -1.52. The summed E-state index contributed by atoms with van der Waals surface area (Å²) in [6.07, 6.45) is -28.8. The number of aliphatic hydroxyl groups is 1. The number of phenolic OH excluding ortho intramolecular Hbond substituents is 1. The minimum Gasteiger partial charge on any atom is -0.504 e. The number of rotatable bonds is 4. The van der Waals surface area contributed by atoms with Crippen molar-refractivity contribution in [1.29, 1.82) is 2.86 Å². The predicted molar refractivity (Wildman–Crippen MR) is 93.9 cm³/mol. The topological polar surface area (TPSA) is 52.9 Å². The van der Waals surface area contributed by atoms with E-state index in [-0.39, 0.29) is 0 Å². The van der Waals surface area contributed by atoms with E-state index in [0.717, 1.165) is 0 Å². The monoisotopic (exact) mass is 364 g/mol. The van der Waals surface area contributed by atoms with E-state index < -0.39 is 132 Å². The molecule has 1 aromatic rings. The van der Waals surface area contributed by atoms with Crippen LogP contribution < -0.4 is 4.74 Å². The lowest BCUT2D eigenvalue weighted by Crippen LogP contribution is -2.75. The largest absolute Gasteiger partial charge is 0.504 e. The lowest BCUT2D eigenvalue weighted by Gasteiger charge is -2.63. The van der Waals surface area contributed by atoms with Gasteiger partial charge in [0.25, 0.3) is 1.43 Å². The maximum Gasteiger partial charge on any atom is 0.293 e. The van der Waals surface area contributed by atoms with E-state index in [2.05, 4.69) is 5.11 Å². The van der Waals surface area contributed by atoms with Gasteiger partial charge in [-0.3, -0.25) is 4.90 Å².